The molecular weight excluding hydrogens is 312 g/mol. The van der Waals surface area contributed by atoms with Gasteiger partial charge in [0, 0.05) is 4.47 Å². The molecule has 1 saturated heterocycles. The highest BCUT2D eigenvalue weighted by Crippen LogP contribution is 2.27. The van der Waals surface area contributed by atoms with Crippen molar-refractivity contribution in [3.63, 3.8) is 0 Å². The van der Waals surface area contributed by atoms with E-state index in [0.717, 1.165) is 25.8 Å². The summed E-state index contributed by atoms with van der Waals surface area (Å²) in [5, 5.41) is 15.0. The topological polar surface area (TPSA) is 78.4 Å². The van der Waals surface area contributed by atoms with Crippen LogP contribution in [0.15, 0.2) is 22.7 Å². The first-order valence-corrected chi connectivity index (χ1v) is 6.95. The molecule has 1 heterocycles. The number of aromatic carboxylic acids is 1. The summed E-state index contributed by atoms with van der Waals surface area (Å²) >= 11 is 3.27. The molecular formula is C13H15BrN2O3. The number of anilines is 1. The van der Waals surface area contributed by atoms with Crippen molar-refractivity contribution in [1.82, 2.24) is 5.32 Å². The average molecular weight is 327 g/mol. The number of carbonyl (C=O) groups is 2. The van der Waals surface area contributed by atoms with Crippen molar-refractivity contribution in [2.24, 2.45) is 0 Å². The number of carboxylic acids is 1. The fourth-order valence-corrected chi connectivity index (χ4v) is 2.58. The third-order valence-electron chi connectivity index (χ3n) is 3.12. The van der Waals surface area contributed by atoms with Crippen LogP contribution >= 0.6 is 15.9 Å². The van der Waals surface area contributed by atoms with Crippen molar-refractivity contribution in [2.45, 2.75) is 25.3 Å². The number of nitrogens with one attached hydrogen (secondary N) is 2. The molecule has 2 rings (SSSR count). The largest absolute Gasteiger partial charge is 0.478 e. The molecule has 0 aromatic heterocycles. The van der Waals surface area contributed by atoms with Crippen LogP contribution in [0.2, 0.25) is 0 Å². The van der Waals surface area contributed by atoms with Gasteiger partial charge in [-0.1, -0.05) is 12.5 Å². The normalized spacial score (nSPS) is 18.9. The van der Waals surface area contributed by atoms with Crippen LogP contribution in [0.3, 0.4) is 0 Å². The van der Waals surface area contributed by atoms with E-state index >= 15 is 0 Å². The van der Waals surface area contributed by atoms with Gasteiger partial charge in [0.15, 0.2) is 0 Å². The molecule has 5 nitrogen and oxygen atoms in total. The number of amides is 1. The summed E-state index contributed by atoms with van der Waals surface area (Å²) in [5.41, 5.74) is 0.394. The molecule has 1 amide bonds. The van der Waals surface area contributed by atoms with Crippen molar-refractivity contribution in [1.29, 1.82) is 0 Å². The van der Waals surface area contributed by atoms with E-state index in [9.17, 15) is 9.59 Å². The molecule has 1 aliphatic heterocycles. The highest BCUT2D eigenvalue weighted by Gasteiger charge is 2.23. The van der Waals surface area contributed by atoms with E-state index in [-0.39, 0.29) is 17.5 Å². The first kappa shape index (κ1) is 14.0. The SMILES string of the molecule is O=C(O)c1cccc(Br)c1NC(=O)[C@H]1CCCCN1. The zero-order chi connectivity index (χ0) is 13.8. The summed E-state index contributed by atoms with van der Waals surface area (Å²) in [6.45, 7) is 0.819. The smallest absolute Gasteiger partial charge is 0.337 e. The minimum atomic E-state index is -1.06. The van der Waals surface area contributed by atoms with Crippen LogP contribution in [0, 0.1) is 0 Å². The first-order chi connectivity index (χ1) is 9.09. The number of hydrogen-bond donors (Lipinski definition) is 3. The van der Waals surface area contributed by atoms with Crippen molar-refractivity contribution in [3.8, 4) is 0 Å². The lowest BCUT2D eigenvalue weighted by atomic mass is 10.0. The number of halogens is 1. The molecule has 0 bridgehead atoms. The monoisotopic (exact) mass is 326 g/mol. The number of rotatable bonds is 3. The van der Waals surface area contributed by atoms with E-state index in [4.69, 9.17) is 5.11 Å². The average Bonchev–Trinajstić information content (AvgIpc) is 2.41. The number of para-hydroxylation sites is 1. The fourth-order valence-electron chi connectivity index (χ4n) is 2.12. The Morgan fingerprint density at radius 1 is 1.37 bits per heavy atom. The second-order valence-corrected chi connectivity index (χ2v) is 5.31. The molecule has 0 saturated carbocycles. The van der Waals surface area contributed by atoms with Gasteiger partial charge in [-0.25, -0.2) is 4.79 Å². The second kappa shape index (κ2) is 6.16. The fraction of sp³-hybridized carbons (Fsp3) is 0.385. The Hall–Kier alpha value is -1.40. The zero-order valence-corrected chi connectivity index (χ0v) is 11.9. The molecule has 6 heteroatoms. The van der Waals surface area contributed by atoms with Gasteiger partial charge in [-0.05, 0) is 47.4 Å². The quantitative estimate of drug-likeness (QED) is 0.795. The molecule has 0 radical (unpaired) electrons. The van der Waals surface area contributed by atoms with Crippen LogP contribution in [0.25, 0.3) is 0 Å². The molecule has 3 N–H and O–H groups in total. The first-order valence-electron chi connectivity index (χ1n) is 6.15. The molecule has 19 heavy (non-hydrogen) atoms. The maximum Gasteiger partial charge on any atom is 0.337 e. The molecule has 1 fully saturated rings. The highest BCUT2D eigenvalue weighted by atomic mass is 79.9. The van der Waals surface area contributed by atoms with Crippen LogP contribution in [0.4, 0.5) is 5.69 Å². The lowest BCUT2D eigenvalue weighted by Crippen LogP contribution is -2.43. The van der Waals surface area contributed by atoms with E-state index in [1.807, 2.05) is 0 Å². The summed E-state index contributed by atoms with van der Waals surface area (Å²) in [7, 11) is 0. The summed E-state index contributed by atoms with van der Waals surface area (Å²) in [5.74, 6) is -1.25. The van der Waals surface area contributed by atoms with E-state index in [0.29, 0.717) is 10.2 Å². The van der Waals surface area contributed by atoms with Gasteiger partial charge in [0.05, 0.1) is 17.3 Å². The summed E-state index contributed by atoms with van der Waals surface area (Å²) in [4.78, 5) is 23.3. The number of carbonyl (C=O) groups excluding carboxylic acids is 1. The van der Waals surface area contributed by atoms with Gasteiger partial charge >= 0.3 is 5.97 Å². The van der Waals surface area contributed by atoms with Gasteiger partial charge in [-0.15, -0.1) is 0 Å². The number of hydrogen-bond acceptors (Lipinski definition) is 3. The van der Waals surface area contributed by atoms with Gasteiger partial charge in [-0.3, -0.25) is 4.79 Å². The standard InChI is InChI=1S/C13H15BrN2O3/c14-9-5-3-4-8(13(18)19)11(9)16-12(17)10-6-1-2-7-15-10/h3-5,10,15H,1-2,6-7H2,(H,16,17)(H,18,19)/t10-/m1/s1. The third-order valence-corrected chi connectivity index (χ3v) is 3.78. The highest BCUT2D eigenvalue weighted by molar-refractivity contribution is 9.10. The Morgan fingerprint density at radius 3 is 2.79 bits per heavy atom. The van der Waals surface area contributed by atoms with Gasteiger partial charge < -0.3 is 15.7 Å². The van der Waals surface area contributed by atoms with Gasteiger partial charge in [0.25, 0.3) is 0 Å². The van der Waals surface area contributed by atoms with Crippen LogP contribution in [-0.2, 0) is 4.79 Å². The predicted octanol–water partition coefficient (Wildman–Crippen LogP) is 2.23. The Kier molecular flexibility index (Phi) is 4.55. The van der Waals surface area contributed by atoms with Crippen LogP contribution < -0.4 is 10.6 Å². The van der Waals surface area contributed by atoms with Crippen LogP contribution in [-0.4, -0.2) is 29.6 Å². The van der Waals surface area contributed by atoms with Gasteiger partial charge in [0.1, 0.15) is 0 Å². The Balaban J connectivity index is 2.18. The van der Waals surface area contributed by atoms with Crippen LogP contribution in [0.1, 0.15) is 29.6 Å². The predicted molar refractivity (Wildman–Crippen MR) is 75.4 cm³/mol. The number of piperidine rings is 1. The lowest BCUT2D eigenvalue weighted by Gasteiger charge is -2.23. The van der Waals surface area contributed by atoms with E-state index in [1.54, 1.807) is 12.1 Å². The zero-order valence-electron chi connectivity index (χ0n) is 10.3. The molecule has 1 aliphatic rings. The van der Waals surface area contributed by atoms with Crippen LogP contribution in [0.5, 0.6) is 0 Å². The number of benzene rings is 1. The van der Waals surface area contributed by atoms with E-state index in [2.05, 4.69) is 26.6 Å². The Morgan fingerprint density at radius 2 is 2.16 bits per heavy atom. The summed E-state index contributed by atoms with van der Waals surface area (Å²) < 4.78 is 0.566. The molecule has 0 unspecified atom stereocenters. The third kappa shape index (κ3) is 3.33. The maximum atomic E-state index is 12.1. The maximum absolute atomic E-state index is 12.1. The molecule has 102 valence electrons. The van der Waals surface area contributed by atoms with Gasteiger partial charge in [-0.2, -0.15) is 0 Å². The summed E-state index contributed by atoms with van der Waals surface area (Å²) in [6.07, 6.45) is 2.85. The van der Waals surface area contributed by atoms with E-state index < -0.39 is 5.97 Å². The molecule has 1 atom stereocenters. The van der Waals surface area contributed by atoms with Crippen molar-refractivity contribution < 1.29 is 14.7 Å². The van der Waals surface area contributed by atoms with Gasteiger partial charge in [0.2, 0.25) is 5.91 Å². The molecule has 0 spiro atoms. The molecule has 1 aromatic carbocycles. The number of carboxylic acid groups (broad SMARTS) is 1. The molecule has 0 aliphatic carbocycles. The van der Waals surface area contributed by atoms with E-state index in [1.165, 1.54) is 6.07 Å². The molecule has 1 aromatic rings. The minimum absolute atomic E-state index is 0.0820. The van der Waals surface area contributed by atoms with Crippen molar-refractivity contribution in [3.05, 3.63) is 28.2 Å². The lowest BCUT2D eigenvalue weighted by molar-refractivity contribution is -0.118. The summed E-state index contributed by atoms with van der Waals surface area (Å²) in [6, 6.07) is 4.55. The Labute approximate surface area is 119 Å². The van der Waals surface area contributed by atoms with Crippen molar-refractivity contribution in [2.75, 3.05) is 11.9 Å². The Bertz CT molecular complexity index is 499. The van der Waals surface area contributed by atoms with Crippen molar-refractivity contribution >= 4 is 33.5 Å². The second-order valence-electron chi connectivity index (χ2n) is 4.46. The minimum Gasteiger partial charge on any atom is -0.478 e.